The van der Waals surface area contributed by atoms with Gasteiger partial charge in [-0.1, -0.05) is 24.3 Å². The molecule has 4 rings (SSSR count). The van der Waals surface area contributed by atoms with E-state index < -0.39 is 0 Å². The molecule has 4 nitrogen and oxygen atoms in total. The van der Waals surface area contributed by atoms with Crippen LogP contribution in [0.3, 0.4) is 0 Å². The predicted octanol–water partition coefficient (Wildman–Crippen LogP) is 3.04. The van der Waals surface area contributed by atoms with E-state index in [-0.39, 0.29) is 11.9 Å². The number of hydrogen-bond acceptors (Lipinski definition) is 3. The van der Waals surface area contributed by atoms with Gasteiger partial charge in [0.2, 0.25) is 5.91 Å². The lowest BCUT2D eigenvalue weighted by Crippen LogP contribution is -2.51. The summed E-state index contributed by atoms with van der Waals surface area (Å²) in [6, 6.07) is 13.2. The van der Waals surface area contributed by atoms with Crippen molar-refractivity contribution in [3.05, 3.63) is 65.6 Å². The van der Waals surface area contributed by atoms with Crippen LogP contribution in [0.2, 0.25) is 0 Å². The number of nitrogens with zero attached hydrogens (tertiary/aromatic N) is 1. The zero-order valence-corrected chi connectivity index (χ0v) is 14.4. The number of furan rings is 1. The van der Waals surface area contributed by atoms with E-state index in [1.54, 1.807) is 18.4 Å². The normalized spacial score (nSPS) is 21.5. The highest BCUT2D eigenvalue weighted by atomic mass is 16.3. The highest BCUT2D eigenvalue weighted by molar-refractivity contribution is 5.91. The predicted molar refractivity (Wildman–Crippen MR) is 98.1 cm³/mol. The lowest BCUT2D eigenvalue weighted by atomic mass is 10.0. The molecule has 0 radical (unpaired) electrons. The van der Waals surface area contributed by atoms with E-state index in [1.807, 2.05) is 12.1 Å². The molecule has 1 atom stereocenters. The first-order valence-electron chi connectivity index (χ1n) is 9.11. The second kappa shape index (κ2) is 7.28. The van der Waals surface area contributed by atoms with Gasteiger partial charge in [0.1, 0.15) is 5.76 Å². The molecule has 1 aliphatic heterocycles. The summed E-state index contributed by atoms with van der Waals surface area (Å²) in [7, 11) is 0. The SMILES string of the molecule is O=C(/C=C/c1ccco1)NC1CCCN(C2Cc3ccccc3C2)C1. The Kier molecular flexibility index (Phi) is 4.70. The van der Waals surface area contributed by atoms with Crippen LogP contribution in [0, 0.1) is 0 Å². The number of fused-ring (bicyclic) bond motifs is 1. The quantitative estimate of drug-likeness (QED) is 0.873. The molecule has 1 aromatic carbocycles. The molecule has 4 heteroatoms. The Bertz CT molecular complexity index is 726. The summed E-state index contributed by atoms with van der Waals surface area (Å²) in [4.78, 5) is 14.7. The van der Waals surface area contributed by atoms with Crippen LogP contribution in [0.1, 0.15) is 29.7 Å². The summed E-state index contributed by atoms with van der Waals surface area (Å²) in [6.07, 6.45) is 9.34. The van der Waals surface area contributed by atoms with Crippen LogP contribution in [0.15, 0.2) is 53.2 Å². The van der Waals surface area contributed by atoms with E-state index in [9.17, 15) is 4.79 Å². The molecular weight excluding hydrogens is 312 g/mol. The van der Waals surface area contributed by atoms with Gasteiger partial charge in [0, 0.05) is 24.7 Å². The van der Waals surface area contributed by atoms with Crippen LogP contribution in [0.25, 0.3) is 6.08 Å². The van der Waals surface area contributed by atoms with E-state index in [0.717, 1.165) is 38.8 Å². The molecule has 1 amide bonds. The van der Waals surface area contributed by atoms with Crippen molar-refractivity contribution in [2.24, 2.45) is 0 Å². The fourth-order valence-electron chi connectivity index (χ4n) is 4.04. The average Bonchev–Trinajstić information content (AvgIpc) is 3.29. The highest BCUT2D eigenvalue weighted by Gasteiger charge is 2.30. The molecule has 1 fully saturated rings. The first-order valence-corrected chi connectivity index (χ1v) is 9.11. The summed E-state index contributed by atoms with van der Waals surface area (Å²) >= 11 is 0. The average molecular weight is 336 g/mol. The Hall–Kier alpha value is -2.33. The van der Waals surface area contributed by atoms with Crippen molar-refractivity contribution in [3.63, 3.8) is 0 Å². The van der Waals surface area contributed by atoms with E-state index in [2.05, 4.69) is 34.5 Å². The Morgan fingerprint density at radius 3 is 2.68 bits per heavy atom. The van der Waals surface area contributed by atoms with Crippen LogP contribution < -0.4 is 5.32 Å². The number of hydrogen-bond donors (Lipinski definition) is 1. The van der Waals surface area contributed by atoms with E-state index >= 15 is 0 Å². The van der Waals surface area contributed by atoms with Gasteiger partial charge in [0.05, 0.1) is 6.26 Å². The second-order valence-electron chi connectivity index (χ2n) is 7.02. The van der Waals surface area contributed by atoms with Crippen LogP contribution in [-0.4, -0.2) is 36.0 Å². The number of rotatable bonds is 4. The smallest absolute Gasteiger partial charge is 0.244 e. The largest absolute Gasteiger partial charge is 0.465 e. The number of nitrogens with one attached hydrogen (secondary N) is 1. The number of benzene rings is 1. The van der Waals surface area contributed by atoms with Gasteiger partial charge in [-0.25, -0.2) is 0 Å². The van der Waals surface area contributed by atoms with Gasteiger partial charge in [-0.3, -0.25) is 9.69 Å². The third-order valence-electron chi connectivity index (χ3n) is 5.29. The van der Waals surface area contributed by atoms with Crippen LogP contribution in [0.5, 0.6) is 0 Å². The Balaban J connectivity index is 1.32. The van der Waals surface area contributed by atoms with Gasteiger partial charge >= 0.3 is 0 Å². The molecule has 0 bridgehead atoms. The molecule has 0 saturated carbocycles. The minimum absolute atomic E-state index is 0.0436. The van der Waals surface area contributed by atoms with Gasteiger partial charge in [-0.05, 0) is 61.6 Å². The number of carbonyl (C=O) groups is 1. The molecule has 2 aromatic rings. The number of likely N-dealkylation sites (tertiary alicyclic amines) is 1. The minimum atomic E-state index is -0.0436. The molecule has 1 unspecified atom stereocenters. The topological polar surface area (TPSA) is 45.5 Å². The Labute approximate surface area is 148 Å². The molecule has 130 valence electrons. The van der Waals surface area contributed by atoms with Crippen molar-refractivity contribution in [1.29, 1.82) is 0 Å². The summed E-state index contributed by atoms with van der Waals surface area (Å²) in [5, 5.41) is 3.15. The fraction of sp³-hybridized carbons (Fsp3) is 0.381. The molecule has 1 aliphatic carbocycles. The molecule has 1 saturated heterocycles. The highest BCUT2D eigenvalue weighted by Crippen LogP contribution is 2.27. The summed E-state index contributed by atoms with van der Waals surface area (Å²) in [5.74, 6) is 0.655. The monoisotopic (exact) mass is 336 g/mol. The van der Waals surface area contributed by atoms with Gasteiger partial charge in [0.25, 0.3) is 0 Å². The molecular formula is C21H24N2O2. The number of amides is 1. The van der Waals surface area contributed by atoms with Crippen LogP contribution in [-0.2, 0) is 17.6 Å². The molecule has 1 N–H and O–H groups in total. The molecule has 25 heavy (non-hydrogen) atoms. The molecule has 0 spiro atoms. The van der Waals surface area contributed by atoms with Crippen molar-refractivity contribution < 1.29 is 9.21 Å². The van der Waals surface area contributed by atoms with Crippen LogP contribution in [0.4, 0.5) is 0 Å². The maximum atomic E-state index is 12.2. The van der Waals surface area contributed by atoms with Crippen molar-refractivity contribution in [2.75, 3.05) is 13.1 Å². The number of carbonyl (C=O) groups excluding carboxylic acids is 1. The minimum Gasteiger partial charge on any atom is -0.465 e. The van der Waals surface area contributed by atoms with Crippen molar-refractivity contribution in [2.45, 2.75) is 37.8 Å². The summed E-state index contributed by atoms with van der Waals surface area (Å²) in [6.45, 7) is 2.08. The first kappa shape index (κ1) is 16.2. The molecule has 2 aliphatic rings. The lowest BCUT2D eigenvalue weighted by molar-refractivity contribution is -0.117. The zero-order valence-electron chi connectivity index (χ0n) is 14.4. The van der Waals surface area contributed by atoms with E-state index in [1.165, 1.54) is 11.1 Å². The van der Waals surface area contributed by atoms with Gasteiger partial charge in [-0.2, -0.15) is 0 Å². The third kappa shape index (κ3) is 3.85. The maximum Gasteiger partial charge on any atom is 0.244 e. The maximum absolute atomic E-state index is 12.2. The first-order chi connectivity index (χ1) is 12.3. The summed E-state index contributed by atoms with van der Waals surface area (Å²) in [5.41, 5.74) is 2.97. The Morgan fingerprint density at radius 1 is 1.16 bits per heavy atom. The van der Waals surface area contributed by atoms with E-state index in [4.69, 9.17) is 4.42 Å². The fourth-order valence-corrected chi connectivity index (χ4v) is 4.04. The van der Waals surface area contributed by atoms with Gasteiger partial charge < -0.3 is 9.73 Å². The van der Waals surface area contributed by atoms with E-state index in [0.29, 0.717) is 11.8 Å². The second-order valence-corrected chi connectivity index (χ2v) is 7.02. The van der Waals surface area contributed by atoms with Crippen molar-refractivity contribution in [3.8, 4) is 0 Å². The summed E-state index contributed by atoms with van der Waals surface area (Å²) < 4.78 is 5.21. The lowest BCUT2D eigenvalue weighted by Gasteiger charge is -2.37. The Morgan fingerprint density at radius 2 is 1.96 bits per heavy atom. The zero-order chi connectivity index (χ0) is 17.1. The van der Waals surface area contributed by atoms with Crippen molar-refractivity contribution in [1.82, 2.24) is 10.2 Å². The van der Waals surface area contributed by atoms with Gasteiger partial charge in [0.15, 0.2) is 0 Å². The third-order valence-corrected chi connectivity index (χ3v) is 5.29. The molecule has 2 heterocycles. The van der Waals surface area contributed by atoms with Crippen molar-refractivity contribution >= 4 is 12.0 Å². The van der Waals surface area contributed by atoms with Gasteiger partial charge in [-0.15, -0.1) is 0 Å². The number of piperidine rings is 1. The molecule has 1 aromatic heterocycles. The van der Waals surface area contributed by atoms with Crippen LogP contribution >= 0.6 is 0 Å². The standard InChI is InChI=1S/C21H24N2O2/c24-21(10-9-20-8-4-12-25-20)22-18-7-3-11-23(15-18)19-13-16-5-1-2-6-17(16)14-19/h1-2,4-6,8-10,12,18-19H,3,7,11,13-15H2,(H,22,24)/b10-9+.